The number of carbonyl (C=O) groups excluding carboxylic acids is 2. The summed E-state index contributed by atoms with van der Waals surface area (Å²) < 4.78 is 12.5. The molecule has 0 saturated heterocycles. The van der Waals surface area contributed by atoms with Gasteiger partial charge in [-0.2, -0.15) is 4.99 Å². The van der Waals surface area contributed by atoms with Crippen LogP contribution in [0, 0.1) is 0 Å². The predicted octanol–water partition coefficient (Wildman–Crippen LogP) is 2.56. The van der Waals surface area contributed by atoms with Crippen molar-refractivity contribution in [3.63, 3.8) is 0 Å². The second kappa shape index (κ2) is 7.43. The molecule has 0 atom stereocenters. The molecule has 25 heavy (non-hydrogen) atoms. The molecule has 0 spiro atoms. The lowest BCUT2D eigenvalue weighted by atomic mass is 10.2. The van der Waals surface area contributed by atoms with Crippen molar-refractivity contribution >= 4 is 33.4 Å². The Kier molecular flexibility index (Phi) is 5.08. The number of carbonyl (C=O) groups is 2. The van der Waals surface area contributed by atoms with Crippen LogP contribution in [0.5, 0.6) is 0 Å². The first-order valence-corrected chi connectivity index (χ1v) is 8.71. The molecule has 0 unspecified atom stereocenters. The van der Waals surface area contributed by atoms with Crippen LogP contribution in [-0.4, -0.2) is 28.2 Å². The number of fused-ring (bicyclic) bond motifs is 1. The lowest BCUT2D eigenvalue weighted by molar-refractivity contribution is -0.143. The highest BCUT2D eigenvalue weighted by Gasteiger charge is 2.14. The fourth-order valence-corrected chi connectivity index (χ4v) is 3.47. The average molecular weight is 359 g/mol. The Balaban J connectivity index is 2.11. The first-order chi connectivity index (χ1) is 12.1. The van der Waals surface area contributed by atoms with Crippen LogP contribution in [0.2, 0.25) is 0 Å². The SMILES string of the molecule is CCOC(=O)Cn1c(=NC(=O)c2ccno2)sc2cc(CC)ccc21. The van der Waals surface area contributed by atoms with Gasteiger partial charge >= 0.3 is 11.9 Å². The van der Waals surface area contributed by atoms with E-state index in [1.54, 1.807) is 11.5 Å². The number of rotatable bonds is 5. The average Bonchev–Trinajstić information content (AvgIpc) is 3.23. The number of ether oxygens (including phenoxy) is 1. The van der Waals surface area contributed by atoms with E-state index in [0.29, 0.717) is 11.4 Å². The van der Waals surface area contributed by atoms with Crippen molar-refractivity contribution in [3.8, 4) is 0 Å². The molecule has 0 N–H and O–H groups in total. The minimum atomic E-state index is -0.544. The molecule has 2 heterocycles. The first-order valence-electron chi connectivity index (χ1n) is 7.90. The van der Waals surface area contributed by atoms with E-state index >= 15 is 0 Å². The molecule has 1 aromatic carbocycles. The van der Waals surface area contributed by atoms with E-state index in [-0.39, 0.29) is 18.3 Å². The zero-order valence-corrected chi connectivity index (χ0v) is 14.7. The third-order valence-electron chi connectivity index (χ3n) is 3.59. The van der Waals surface area contributed by atoms with Gasteiger partial charge < -0.3 is 13.8 Å². The fraction of sp³-hybridized carbons (Fsp3) is 0.294. The zero-order chi connectivity index (χ0) is 17.8. The highest BCUT2D eigenvalue weighted by Crippen LogP contribution is 2.20. The molecule has 7 nitrogen and oxygen atoms in total. The van der Waals surface area contributed by atoms with Crippen molar-refractivity contribution in [2.45, 2.75) is 26.8 Å². The highest BCUT2D eigenvalue weighted by atomic mass is 32.1. The molecule has 0 fully saturated rings. The van der Waals surface area contributed by atoms with Crippen molar-refractivity contribution < 1.29 is 18.8 Å². The summed E-state index contributed by atoms with van der Waals surface area (Å²) in [5.74, 6) is -0.873. The van der Waals surface area contributed by atoms with Crippen LogP contribution in [0.4, 0.5) is 0 Å². The minimum absolute atomic E-state index is 0.0121. The molecule has 0 radical (unpaired) electrons. The van der Waals surface area contributed by atoms with Crippen LogP contribution in [0.15, 0.2) is 40.0 Å². The zero-order valence-electron chi connectivity index (χ0n) is 13.9. The maximum atomic E-state index is 12.2. The molecule has 0 aliphatic rings. The summed E-state index contributed by atoms with van der Waals surface area (Å²) in [6.07, 6.45) is 2.28. The van der Waals surface area contributed by atoms with E-state index in [9.17, 15) is 9.59 Å². The minimum Gasteiger partial charge on any atom is -0.465 e. The summed E-state index contributed by atoms with van der Waals surface area (Å²) >= 11 is 1.34. The number of aromatic nitrogens is 2. The van der Waals surface area contributed by atoms with Crippen LogP contribution in [0.25, 0.3) is 10.2 Å². The van der Waals surface area contributed by atoms with Crippen LogP contribution in [-0.2, 0) is 22.5 Å². The molecule has 2 aromatic heterocycles. The van der Waals surface area contributed by atoms with Crippen LogP contribution in [0.1, 0.15) is 30.0 Å². The summed E-state index contributed by atoms with van der Waals surface area (Å²) in [6, 6.07) is 7.42. The van der Waals surface area contributed by atoms with Gasteiger partial charge in [-0.1, -0.05) is 29.5 Å². The van der Waals surface area contributed by atoms with Crippen molar-refractivity contribution in [2.75, 3.05) is 6.61 Å². The number of benzene rings is 1. The van der Waals surface area contributed by atoms with Crippen LogP contribution < -0.4 is 4.80 Å². The van der Waals surface area contributed by atoms with Gasteiger partial charge in [0.15, 0.2) is 4.80 Å². The van der Waals surface area contributed by atoms with Gasteiger partial charge in [-0.05, 0) is 31.0 Å². The van der Waals surface area contributed by atoms with Gasteiger partial charge in [0.1, 0.15) is 6.54 Å². The topological polar surface area (TPSA) is 86.7 Å². The third kappa shape index (κ3) is 3.69. The Hall–Kier alpha value is -2.74. The second-order valence-electron chi connectivity index (χ2n) is 5.23. The lowest BCUT2D eigenvalue weighted by Gasteiger charge is -2.05. The molecule has 0 aliphatic carbocycles. The van der Waals surface area contributed by atoms with E-state index in [4.69, 9.17) is 9.26 Å². The van der Waals surface area contributed by atoms with E-state index in [0.717, 1.165) is 16.6 Å². The van der Waals surface area contributed by atoms with Gasteiger partial charge in [-0.3, -0.25) is 9.59 Å². The molecule has 3 rings (SSSR count). The quantitative estimate of drug-likeness (QED) is 0.654. The lowest BCUT2D eigenvalue weighted by Crippen LogP contribution is -2.23. The number of amides is 1. The normalized spacial score (nSPS) is 11.8. The van der Waals surface area contributed by atoms with Crippen molar-refractivity contribution in [3.05, 3.63) is 46.6 Å². The molecule has 1 amide bonds. The Morgan fingerprint density at radius 3 is 2.84 bits per heavy atom. The molecule has 8 heteroatoms. The van der Waals surface area contributed by atoms with Crippen molar-refractivity contribution in [1.29, 1.82) is 0 Å². The molecule has 0 bridgehead atoms. The van der Waals surface area contributed by atoms with Crippen molar-refractivity contribution in [1.82, 2.24) is 9.72 Å². The van der Waals surface area contributed by atoms with Gasteiger partial charge in [0.2, 0.25) is 5.76 Å². The fourth-order valence-electron chi connectivity index (χ4n) is 2.38. The molecule has 3 aromatic rings. The number of esters is 1. The largest absolute Gasteiger partial charge is 0.465 e. The van der Waals surface area contributed by atoms with Gasteiger partial charge in [0.05, 0.1) is 23.0 Å². The second-order valence-corrected chi connectivity index (χ2v) is 6.23. The van der Waals surface area contributed by atoms with E-state index < -0.39 is 5.91 Å². The Morgan fingerprint density at radius 2 is 2.16 bits per heavy atom. The van der Waals surface area contributed by atoms with Crippen molar-refractivity contribution in [2.24, 2.45) is 4.99 Å². The smallest absolute Gasteiger partial charge is 0.326 e. The third-order valence-corrected chi connectivity index (χ3v) is 4.63. The Morgan fingerprint density at radius 1 is 1.32 bits per heavy atom. The highest BCUT2D eigenvalue weighted by molar-refractivity contribution is 7.16. The van der Waals surface area contributed by atoms with E-state index in [1.165, 1.54) is 29.2 Å². The first kappa shape index (κ1) is 17.1. The van der Waals surface area contributed by atoms with E-state index in [1.807, 2.05) is 18.2 Å². The van der Waals surface area contributed by atoms with E-state index in [2.05, 4.69) is 17.1 Å². The number of thiazole rings is 1. The maximum absolute atomic E-state index is 12.2. The van der Waals surface area contributed by atoms with Gasteiger partial charge in [-0.15, -0.1) is 0 Å². The number of aryl methyl sites for hydroxylation is 1. The standard InChI is InChI=1S/C17H17N3O4S/c1-3-11-5-6-12-14(9-11)25-17(20(12)10-15(21)23-4-2)19-16(22)13-7-8-18-24-13/h5-9H,3-4,10H2,1-2H3. The summed E-state index contributed by atoms with van der Waals surface area (Å²) in [5.41, 5.74) is 2.00. The number of hydrogen-bond acceptors (Lipinski definition) is 6. The monoisotopic (exact) mass is 359 g/mol. The Labute approximate surface area is 147 Å². The number of hydrogen-bond donors (Lipinski definition) is 0. The summed E-state index contributed by atoms with van der Waals surface area (Å²) in [6.45, 7) is 4.10. The number of nitrogens with zero attached hydrogens (tertiary/aromatic N) is 3. The summed E-state index contributed by atoms with van der Waals surface area (Å²) in [7, 11) is 0. The molecular weight excluding hydrogens is 342 g/mol. The van der Waals surface area contributed by atoms with Gasteiger partial charge in [-0.25, -0.2) is 0 Å². The van der Waals surface area contributed by atoms with Crippen LogP contribution in [0.3, 0.4) is 0 Å². The van der Waals surface area contributed by atoms with Gasteiger partial charge in [0.25, 0.3) is 0 Å². The summed E-state index contributed by atoms with van der Waals surface area (Å²) in [5, 5.41) is 3.51. The molecular formula is C17H17N3O4S. The molecule has 0 saturated carbocycles. The Bertz CT molecular complexity index is 970. The predicted molar refractivity (Wildman–Crippen MR) is 92.2 cm³/mol. The van der Waals surface area contributed by atoms with Gasteiger partial charge in [0, 0.05) is 6.07 Å². The van der Waals surface area contributed by atoms with Crippen LogP contribution >= 0.6 is 11.3 Å². The maximum Gasteiger partial charge on any atom is 0.326 e. The molecule has 0 aliphatic heterocycles. The summed E-state index contributed by atoms with van der Waals surface area (Å²) in [4.78, 5) is 28.7. The molecule has 130 valence electrons.